The van der Waals surface area contributed by atoms with Crippen molar-refractivity contribution in [2.24, 2.45) is 0 Å². The zero-order valence-corrected chi connectivity index (χ0v) is 15.1. The normalized spacial score (nSPS) is 14.2. The topological polar surface area (TPSA) is 69.6 Å². The number of carbonyl (C=O) groups is 2. The molecule has 26 heavy (non-hydrogen) atoms. The van der Waals surface area contributed by atoms with Crippen molar-refractivity contribution < 1.29 is 9.59 Å². The van der Waals surface area contributed by atoms with Gasteiger partial charge in [0.2, 0.25) is 11.9 Å². The van der Waals surface area contributed by atoms with Gasteiger partial charge in [-0.25, -0.2) is 9.97 Å². The Morgan fingerprint density at radius 2 is 1.77 bits per heavy atom. The van der Waals surface area contributed by atoms with Crippen molar-refractivity contribution in [1.29, 1.82) is 0 Å². The van der Waals surface area contributed by atoms with Crippen LogP contribution in [0.15, 0.2) is 42.6 Å². The quantitative estimate of drug-likeness (QED) is 0.831. The third kappa shape index (κ3) is 4.17. The molecule has 1 aromatic carbocycles. The van der Waals surface area contributed by atoms with Crippen LogP contribution in [0.1, 0.15) is 23.0 Å². The van der Waals surface area contributed by atoms with Gasteiger partial charge in [0.25, 0.3) is 5.91 Å². The lowest BCUT2D eigenvalue weighted by molar-refractivity contribution is -0.129. The first-order valence-electron chi connectivity index (χ1n) is 8.67. The number of aromatic nitrogens is 2. The maximum Gasteiger partial charge on any atom is 0.272 e. The summed E-state index contributed by atoms with van der Waals surface area (Å²) in [4.78, 5) is 38.3. The Kier molecular flexibility index (Phi) is 5.46. The molecule has 0 unspecified atom stereocenters. The highest BCUT2D eigenvalue weighted by atomic mass is 16.2. The van der Waals surface area contributed by atoms with Crippen LogP contribution in [-0.4, -0.2) is 64.8 Å². The summed E-state index contributed by atoms with van der Waals surface area (Å²) in [6.07, 6.45) is 1.61. The maximum absolute atomic E-state index is 12.7. The maximum atomic E-state index is 12.7. The van der Waals surface area contributed by atoms with Crippen molar-refractivity contribution in [2.75, 3.05) is 38.1 Å². The summed E-state index contributed by atoms with van der Waals surface area (Å²) in [5.74, 6) is 0.476. The second-order valence-electron chi connectivity index (χ2n) is 6.38. The van der Waals surface area contributed by atoms with Crippen LogP contribution in [0.5, 0.6) is 0 Å². The predicted molar refractivity (Wildman–Crippen MR) is 98.7 cm³/mol. The Bertz CT molecular complexity index is 773. The lowest BCUT2D eigenvalue weighted by Gasteiger charge is -2.34. The van der Waals surface area contributed by atoms with Gasteiger partial charge in [-0.15, -0.1) is 0 Å². The molecule has 1 aliphatic rings. The van der Waals surface area contributed by atoms with Crippen molar-refractivity contribution in [3.63, 3.8) is 0 Å². The Hall–Kier alpha value is -2.96. The van der Waals surface area contributed by atoms with Gasteiger partial charge in [-0.05, 0) is 11.6 Å². The number of nitrogens with zero attached hydrogens (tertiary/aromatic N) is 5. The van der Waals surface area contributed by atoms with Gasteiger partial charge in [-0.1, -0.05) is 30.3 Å². The van der Waals surface area contributed by atoms with E-state index in [0.29, 0.717) is 44.4 Å². The highest BCUT2D eigenvalue weighted by molar-refractivity contribution is 5.92. The van der Waals surface area contributed by atoms with E-state index in [2.05, 4.69) is 9.97 Å². The molecule has 7 nitrogen and oxygen atoms in total. The van der Waals surface area contributed by atoms with E-state index >= 15 is 0 Å². The zero-order valence-electron chi connectivity index (χ0n) is 15.1. The average Bonchev–Trinajstić information content (AvgIpc) is 2.68. The number of carbonyl (C=O) groups excluding carboxylic acids is 2. The Balaban J connectivity index is 1.67. The van der Waals surface area contributed by atoms with Crippen LogP contribution >= 0.6 is 0 Å². The number of amides is 2. The molecule has 0 saturated carbocycles. The molecule has 1 aliphatic heterocycles. The molecule has 0 radical (unpaired) electrons. The van der Waals surface area contributed by atoms with Crippen LogP contribution in [0.2, 0.25) is 0 Å². The molecule has 0 bridgehead atoms. The minimum atomic E-state index is -0.139. The number of benzene rings is 1. The first kappa shape index (κ1) is 17.8. The molecule has 0 atom stereocenters. The Labute approximate surface area is 153 Å². The minimum Gasteiger partial charge on any atom is -0.339 e. The second-order valence-corrected chi connectivity index (χ2v) is 6.38. The summed E-state index contributed by atoms with van der Waals surface area (Å²) in [6.45, 7) is 4.72. The lowest BCUT2D eigenvalue weighted by Crippen LogP contribution is -2.48. The number of piperazine rings is 1. The fourth-order valence-corrected chi connectivity index (χ4v) is 2.97. The van der Waals surface area contributed by atoms with Crippen molar-refractivity contribution >= 4 is 17.8 Å². The van der Waals surface area contributed by atoms with Crippen LogP contribution in [0.25, 0.3) is 0 Å². The van der Waals surface area contributed by atoms with Crippen LogP contribution in [0, 0.1) is 0 Å². The first-order valence-corrected chi connectivity index (χ1v) is 8.67. The monoisotopic (exact) mass is 353 g/mol. The van der Waals surface area contributed by atoms with E-state index in [1.807, 2.05) is 35.2 Å². The minimum absolute atomic E-state index is 0.0806. The Morgan fingerprint density at radius 3 is 2.42 bits per heavy atom. The first-order chi connectivity index (χ1) is 12.5. The van der Waals surface area contributed by atoms with Gasteiger partial charge in [0.1, 0.15) is 5.69 Å². The van der Waals surface area contributed by atoms with Gasteiger partial charge in [0.15, 0.2) is 0 Å². The summed E-state index contributed by atoms with van der Waals surface area (Å²) in [6, 6.07) is 11.5. The van der Waals surface area contributed by atoms with Crippen molar-refractivity contribution in [2.45, 2.75) is 13.5 Å². The summed E-state index contributed by atoms with van der Waals surface area (Å²) >= 11 is 0. The zero-order chi connectivity index (χ0) is 18.5. The highest BCUT2D eigenvalue weighted by Gasteiger charge is 2.22. The fourth-order valence-electron chi connectivity index (χ4n) is 2.97. The van der Waals surface area contributed by atoms with Gasteiger partial charge < -0.3 is 14.7 Å². The van der Waals surface area contributed by atoms with E-state index in [9.17, 15) is 9.59 Å². The van der Waals surface area contributed by atoms with Crippen molar-refractivity contribution in [3.05, 3.63) is 53.9 Å². The van der Waals surface area contributed by atoms with E-state index in [0.717, 1.165) is 5.56 Å². The third-order valence-electron chi connectivity index (χ3n) is 4.48. The van der Waals surface area contributed by atoms with Gasteiger partial charge in [0, 0.05) is 52.9 Å². The highest BCUT2D eigenvalue weighted by Crippen LogP contribution is 2.13. The van der Waals surface area contributed by atoms with E-state index in [1.165, 1.54) is 0 Å². The van der Waals surface area contributed by atoms with Gasteiger partial charge in [-0.2, -0.15) is 0 Å². The summed E-state index contributed by atoms with van der Waals surface area (Å²) in [7, 11) is 1.77. The van der Waals surface area contributed by atoms with Crippen LogP contribution in [-0.2, 0) is 11.3 Å². The molecule has 0 spiro atoms. The molecule has 2 amide bonds. The molecular formula is C19H23N5O2. The standard InChI is InChI=1S/C19H23N5O2/c1-15(25)23-10-12-24(13-11-23)19-20-9-8-17(21-19)18(26)22(2)14-16-6-4-3-5-7-16/h3-9H,10-14H2,1-2H3. The summed E-state index contributed by atoms with van der Waals surface area (Å²) in [5, 5.41) is 0. The second kappa shape index (κ2) is 7.95. The van der Waals surface area contributed by atoms with Crippen LogP contribution < -0.4 is 4.90 Å². The molecule has 7 heteroatoms. The van der Waals surface area contributed by atoms with Crippen molar-refractivity contribution in [1.82, 2.24) is 19.8 Å². The molecule has 1 saturated heterocycles. The molecule has 2 aromatic rings. The van der Waals surface area contributed by atoms with Gasteiger partial charge in [0.05, 0.1) is 0 Å². The largest absolute Gasteiger partial charge is 0.339 e. The molecule has 0 aliphatic carbocycles. The Morgan fingerprint density at radius 1 is 1.08 bits per heavy atom. The molecule has 136 valence electrons. The average molecular weight is 353 g/mol. The number of anilines is 1. The smallest absolute Gasteiger partial charge is 0.272 e. The summed E-state index contributed by atoms with van der Waals surface area (Å²) < 4.78 is 0. The summed E-state index contributed by atoms with van der Waals surface area (Å²) in [5.41, 5.74) is 1.44. The molecule has 1 aromatic heterocycles. The van der Waals surface area contributed by atoms with Crippen LogP contribution in [0.4, 0.5) is 5.95 Å². The van der Waals surface area contributed by atoms with E-state index < -0.39 is 0 Å². The third-order valence-corrected chi connectivity index (χ3v) is 4.48. The van der Waals surface area contributed by atoms with Gasteiger partial charge >= 0.3 is 0 Å². The lowest BCUT2D eigenvalue weighted by atomic mass is 10.2. The number of hydrogen-bond donors (Lipinski definition) is 0. The molecular weight excluding hydrogens is 330 g/mol. The fraction of sp³-hybridized carbons (Fsp3) is 0.368. The van der Waals surface area contributed by atoms with Gasteiger partial charge in [-0.3, -0.25) is 9.59 Å². The number of rotatable bonds is 4. The van der Waals surface area contributed by atoms with E-state index in [4.69, 9.17) is 0 Å². The van der Waals surface area contributed by atoms with Crippen LogP contribution in [0.3, 0.4) is 0 Å². The van der Waals surface area contributed by atoms with Crippen molar-refractivity contribution in [3.8, 4) is 0 Å². The predicted octanol–water partition coefficient (Wildman–Crippen LogP) is 1.42. The van der Waals surface area contributed by atoms with E-state index in [-0.39, 0.29) is 11.8 Å². The molecule has 2 heterocycles. The van der Waals surface area contributed by atoms with E-state index in [1.54, 1.807) is 36.0 Å². The number of hydrogen-bond acceptors (Lipinski definition) is 5. The SMILES string of the molecule is CC(=O)N1CCN(c2nccc(C(=O)N(C)Cc3ccccc3)n2)CC1. The molecule has 1 fully saturated rings. The molecule has 3 rings (SSSR count). The molecule has 0 N–H and O–H groups in total.